The number of aliphatic carboxylic acids is 1. The van der Waals surface area contributed by atoms with Gasteiger partial charge in [-0.05, 0) is 12.5 Å². The van der Waals surface area contributed by atoms with Crippen LogP contribution in [0, 0.1) is 0 Å². The van der Waals surface area contributed by atoms with Crippen molar-refractivity contribution < 1.29 is 24.3 Å². The Balaban J connectivity index is 2.37. The number of hydrogen-bond donors (Lipinski definition) is 3. The molecule has 0 aliphatic rings. The van der Waals surface area contributed by atoms with Crippen molar-refractivity contribution in [3.05, 3.63) is 35.9 Å². The van der Waals surface area contributed by atoms with Gasteiger partial charge in [-0.3, -0.25) is 0 Å². The summed E-state index contributed by atoms with van der Waals surface area (Å²) in [5.74, 6) is -0.962. The molecule has 1 aromatic carbocycles. The maximum absolute atomic E-state index is 11.6. The van der Waals surface area contributed by atoms with Gasteiger partial charge in [-0.2, -0.15) is 0 Å². The average molecular weight is 309 g/mol. The Hall–Kier alpha value is -2.77. The highest BCUT2D eigenvalue weighted by Crippen LogP contribution is 2.01. The Kier molecular flexibility index (Phi) is 7.24. The number of carbonyl (C=O) groups excluding carboxylic acids is 1. The van der Waals surface area contributed by atoms with Crippen LogP contribution in [0.5, 0.6) is 0 Å². The summed E-state index contributed by atoms with van der Waals surface area (Å²) in [5, 5.41) is 14.8. The molecule has 0 unspecified atom stereocenters. The van der Waals surface area contributed by atoms with E-state index < -0.39 is 18.1 Å². The van der Waals surface area contributed by atoms with Crippen molar-refractivity contribution in [3.63, 3.8) is 0 Å². The molecule has 0 saturated heterocycles. The maximum atomic E-state index is 11.6. The van der Waals surface area contributed by atoms with E-state index in [1.54, 1.807) is 12.1 Å². The molecule has 0 heterocycles. The van der Waals surface area contributed by atoms with Crippen LogP contribution in [0.3, 0.4) is 0 Å². The van der Waals surface area contributed by atoms with Crippen LogP contribution in [0.25, 0.3) is 0 Å². The third kappa shape index (κ3) is 7.13. The van der Waals surface area contributed by atoms with E-state index in [0.717, 1.165) is 5.56 Å². The van der Waals surface area contributed by atoms with Gasteiger partial charge in [0.25, 0.3) is 0 Å². The van der Waals surface area contributed by atoms with Gasteiger partial charge in [0.2, 0.25) is 0 Å². The average Bonchev–Trinajstić information content (AvgIpc) is 2.48. The number of benzene rings is 1. The van der Waals surface area contributed by atoms with Crippen LogP contribution < -0.4 is 11.1 Å². The molecule has 0 spiro atoms. The van der Waals surface area contributed by atoms with Crippen molar-refractivity contribution in [2.75, 3.05) is 6.61 Å². The summed E-state index contributed by atoms with van der Waals surface area (Å²) in [6.07, 6.45) is -0.776. The molecular weight excluding hydrogens is 290 g/mol. The Morgan fingerprint density at radius 1 is 1.36 bits per heavy atom. The lowest BCUT2D eigenvalue weighted by Gasteiger charge is -2.14. The fraction of sp³-hybridized carbons (Fsp3) is 0.357. The summed E-state index contributed by atoms with van der Waals surface area (Å²) >= 11 is 0. The van der Waals surface area contributed by atoms with Gasteiger partial charge in [0, 0.05) is 6.42 Å². The van der Waals surface area contributed by atoms with E-state index in [2.05, 4.69) is 10.5 Å². The second-order valence-electron chi connectivity index (χ2n) is 4.45. The molecule has 8 heteroatoms. The van der Waals surface area contributed by atoms with Gasteiger partial charge in [0.05, 0.1) is 0 Å². The van der Waals surface area contributed by atoms with Crippen LogP contribution in [0.15, 0.2) is 35.5 Å². The molecule has 0 bridgehead atoms. The number of hydrogen-bond acceptors (Lipinski definition) is 5. The first-order valence-electron chi connectivity index (χ1n) is 6.61. The van der Waals surface area contributed by atoms with Gasteiger partial charge < -0.3 is 25.7 Å². The van der Waals surface area contributed by atoms with Gasteiger partial charge in [0.1, 0.15) is 25.1 Å². The van der Waals surface area contributed by atoms with Crippen LogP contribution in [-0.2, 0) is 21.0 Å². The topological polar surface area (TPSA) is 123 Å². The number of carboxylic acid groups (broad SMARTS) is 1. The van der Waals surface area contributed by atoms with Crippen molar-refractivity contribution >= 4 is 17.9 Å². The van der Waals surface area contributed by atoms with E-state index in [1.165, 1.54) is 6.92 Å². The standard InChI is InChI=1S/C14H19N3O5/c1-10(15)17-22-8-7-12(13(18)19)16-14(20)21-9-11-5-3-2-4-6-11/h2-6,12H,7-9H2,1H3,(H2,15,17)(H,16,20)(H,18,19)/t12-/m0/s1. The monoisotopic (exact) mass is 309 g/mol. The highest BCUT2D eigenvalue weighted by atomic mass is 16.6. The number of alkyl carbamates (subject to hydrolysis) is 1. The number of carbonyl (C=O) groups is 2. The Morgan fingerprint density at radius 2 is 2.05 bits per heavy atom. The minimum atomic E-state index is -1.19. The molecule has 120 valence electrons. The molecule has 0 aromatic heterocycles. The molecule has 4 N–H and O–H groups in total. The van der Waals surface area contributed by atoms with Crippen LogP contribution in [0.1, 0.15) is 18.9 Å². The number of carboxylic acids is 1. The number of ether oxygens (including phenoxy) is 1. The fourth-order valence-electron chi connectivity index (χ4n) is 1.48. The zero-order chi connectivity index (χ0) is 16.4. The highest BCUT2D eigenvalue weighted by Gasteiger charge is 2.20. The second kappa shape index (κ2) is 9.22. The number of amides is 1. The van der Waals surface area contributed by atoms with Crippen molar-refractivity contribution in [3.8, 4) is 0 Å². The number of rotatable bonds is 8. The zero-order valence-electron chi connectivity index (χ0n) is 12.2. The predicted molar refractivity (Wildman–Crippen MR) is 79.1 cm³/mol. The number of oxime groups is 1. The van der Waals surface area contributed by atoms with E-state index in [0.29, 0.717) is 0 Å². The number of nitrogens with zero attached hydrogens (tertiary/aromatic N) is 1. The lowest BCUT2D eigenvalue weighted by atomic mass is 10.2. The third-order valence-electron chi connectivity index (χ3n) is 2.51. The molecule has 1 atom stereocenters. The SMILES string of the molecule is C/C(N)=N/OCC[C@H](NC(=O)OCc1ccccc1)C(=O)O. The maximum Gasteiger partial charge on any atom is 0.408 e. The molecule has 0 fully saturated rings. The van der Waals surface area contributed by atoms with Crippen LogP contribution in [0.4, 0.5) is 4.79 Å². The Labute approximate surface area is 127 Å². The molecule has 22 heavy (non-hydrogen) atoms. The lowest BCUT2D eigenvalue weighted by molar-refractivity contribution is -0.139. The van der Waals surface area contributed by atoms with Crippen molar-refractivity contribution in [2.45, 2.75) is 26.0 Å². The normalized spacial score (nSPS) is 12.3. The quantitative estimate of drug-likeness (QED) is 0.285. The molecular formula is C14H19N3O5. The number of amidine groups is 1. The van der Waals surface area contributed by atoms with Crippen LogP contribution >= 0.6 is 0 Å². The minimum Gasteiger partial charge on any atom is -0.480 e. The zero-order valence-corrected chi connectivity index (χ0v) is 12.2. The van der Waals surface area contributed by atoms with Crippen molar-refractivity contribution in [1.82, 2.24) is 5.32 Å². The van der Waals surface area contributed by atoms with E-state index >= 15 is 0 Å². The van der Waals surface area contributed by atoms with E-state index in [9.17, 15) is 9.59 Å². The van der Waals surface area contributed by atoms with E-state index in [1.807, 2.05) is 18.2 Å². The predicted octanol–water partition coefficient (Wildman–Crippen LogP) is 1.06. The largest absolute Gasteiger partial charge is 0.480 e. The van der Waals surface area contributed by atoms with Gasteiger partial charge in [-0.15, -0.1) is 0 Å². The van der Waals surface area contributed by atoms with Crippen LogP contribution in [-0.4, -0.2) is 35.7 Å². The van der Waals surface area contributed by atoms with Crippen molar-refractivity contribution in [1.29, 1.82) is 0 Å². The second-order valence-corrected chi connectivity index (χ2v) is 4.45. The number of nitrogens with two attached hydrogens (primary N) is 1. The lowest BCUT2D eigenvalue weighted by Crippen LogP contribution is -2.41. The summed E-state index contributed by atoms with van der Waals surface area (Å²) < 4.78 is 4.95. The summed E-state index contributed by atoms with van der Waals surface area (Å²) in [6, 6.07) is 7.93. The molecule has 0 aliphatic heterocycles. The molecule has 1 rings (SSSR count). The van der Waals surface area contributed by atoms with Crippen LogP contribution in [0.2, 0.25) is 0 Å². The molecule has 0 saturated carbocycles. The highest BCUT2D eigenvalue weighted by molar-refractivity contribution is 5.79. The summed E-state index contributed by atoms with van der Waals surface area (Å²) in [6.45, 7) is 1.60. The minimum absolute atomic E-state index is 0.00444. The summed E-state index contributed by atoms with van der Waals surface area (Å²) in [5.41, 5.74) is 6.07. The smallest absolute Gasteiger partial charge is 0.408 e. The first kappa shape index (κ1) is 17.3. The fourth-order valence-corrected chi connectivity index (χ4v) is 1.48. The summed E-state index contributed by atoms with van der Waals surface area (Å²) in [7, 11) is 0. The molecule has 8 nitrogen and oxygen atoms in total. The van der Waals surface area contributed by atoms with Gasteiger partial charge in [-0.25, -0.2) is 9.59 Å². The van der Waals surface area contributed by atoms with E-state index in [4.69, 9.17) is 20.4 Å². The Morgan fingerprint density at radius 3 is 2.64 bits per heavy atom. The summed E-state index contributed by atoms with van der Waals surface area (Å²) in [4.78, 5) is 27.4. The van der Waals surface area contributed by atoms with Gasteiger partial charge >= 0.3 is 12.1 Å². The molecule has 0 aliphatic carbocycles. The Bertz CT molecular complexity index is 514. The van der Waals surface area contributed by atoms with Gasteiger partial charge in [0.15, 0.2) is 0 Å². The van der Waals surface area contributed by atoms with Crippen molar-refractivity contribution in [2.24, 2.45) is 10.9 Å². The molecule has 1 aromatic rings. The van der Waals surface area contributed by atoms with Gasteiger partial charge in [-0.1, -0.05) is 35.5 Å². The number of nitrogens with one attached hydrogen (secondary N) is 1. The first-order chi connectivity index (χ1) is 10.5. The van der Waals surface area contributed by atoms with E-state index in [-0.39, 0.29) is 25.5 Å². The molecule has 0 radical (unpaired) electrons. The third-order valence-corrected chi connectivity index (χ3v) is 2.51. The molecule has 1 amide bonds. The first-order valence-corrected chi connectivity index (χ1v) is 6.61.